The highest BCUT2D eigenvalue weighted by Crippen LogP contribution is 2.36. The average Bonchev–Trinajstić information content (AvgIpc) is 2.37. The molecule has 0 radical (unpaired) electrons. The zero-order valence-corrected chi connectivity index (χ0v) is 10.3. The van der Waals surface area contributed by atoms with Crippen LogP contribution in [0.1, 0.15) is 18.9 Å². The Bertz CT molecular complexity index is 460. The number of carboxylic acid groups (broad SMARTS) is 1. The molecule has 0 bridgehead atoms. The van der Waals surface area contributed by atoms with E-state index in [0.29, 0.717) is 24.7 Å². The molecule has 98 valence electrons. The van der Waals surface area contributed by atoms with Crippen molar-refractivity contribution in [3.63, 3.8) is 0 Å². The zero-order valence-electron chi connectivity index (χ0n) is 10.3. The summed E-state index contributed by atoms with van der Waals surface area (Å²) in [5, 5.41) is 8.97. The molecule has 0 saturated carbocycles. The van der Waals surface area contributed by atoms with Gasteiger partial charge in [-0.3, -0.25) is 4.79 Å². The van der Waals surface area contributed by atoms with Gasteiger partial charge < -0.3 is 20.3 Å². The van der Waals surface area contributed by atoms with Gasteiger partial charge in [0.1, 0.15) is 13.2 Å². The van der Waals surface area contributed by atoms with Crippen molar-refractivity contribution in [3.05, 3.63) is 23.8 Å². The molecule has 1 aromatic rings. The van der Waals surface area contributed by atoms with Crippen molar-refractivity contribution in [1.82, 2.24) is 0 Å². The van der Waals surface area contributed by atoms with Gasteiger partial charge in [-0.1, -0.05) is 13.0 Å². The van der Waals surface area contributed by atoms with E-state index in [4.69, 9.17) is 20.3 Å². The summed E-state index contributed by atoms with van der Waals surface area (Å²) >= 11 is 0. The molecule has 5 nitrogen and oxygen atoms in total. The van der Waals surface area contributed by atoms with Crippen LogP contribution in [0.4, 0.5) is 0 Å². The Morgan fingerprint density at radius 2 is 2.06 bits per heavy atom. The molecular weight excluding hydrogens is 234 g/mol. The van der Waals surface area contributed by atoms with Crippen LogP contribution < -0.4 is 15.2 Å². The number of fused-ring (bicyclic) bond motifs is 1. The van der Waals surface area contributed by atoms with Gasteiger partial charge in [0.15, 0.2) is 11.5 Å². The van der Waals surface area contributed by atoms with Crippen LogP contribution in [0.5, 0.6) is 11.5 Å². The summed E-state index contributed by atoms with van der Waals surface area (Å²) in [6.07, 6.45) is -0.0108. The molecule has 1 heterocycles. The number of rotatable bonds is 4. The van der Waals surface area contributed by atoms with E-state index in [2.05, 4.69) is 0 Å². The fourth-order valence-electron chi connectivity index (χ4n) is 2.04. The van der Waals surface area contributed by atoms with Crippen molar-refractivity contribution in [2.45, 2.75) is 18.8 Å². The molecule has 0 aromatic heterocycles. The summed E-state index contributed by atoms with van der Waals surface area (Å²) < 4.78 is 10.9. The van der Waals surface area contributed by atoms with Crippen LogP contribution in [0.3, 0.4) is 0 Å². The molecule has 0 saturated heterocycles. The molecule has 1 aliphatic rings. The molecule has 1 unspecified atom stereocenters. The van der Waals surface area contributed by atoms with Gasteiger partial charge in [0.25, 0.3) is 0 Å². The average molecular weight is 251 g/mol. The van der Waals surface area contributed by atoms with E-state index in [9.17, 15) is 4.79 Å². The molecule has 0 aliphatic carbocycles. The lowest BCUT2D eigenvalue weighted by atomic mass is 9.79. The van der Waals surface area contributed by atoms with E-state index in [1.165, 1.54) is 0 Å². The molecule has 0 amide bonds. The summed E-state index contributed by atoms with van der Waals surface area (Å²) in [5.74, 6) is 0.487. The largest absolute Gasteiger partial charge is 0.486 e. The van der Waals surface area contributed by atoms with E-state index < -0.39 is 11.4 Å². The monoisotopic (exact) mass is 251 g/mol. The minimum atomic E-state index is -0.863. The Hall–Kier alpha value is -1.75. The van der Waals surface area contributed by atoms with Crippen molar-refractivity contribution >= 4 is 5.97 Å². The van der Waals surface area contributed by atoms with Crippen LogP contribution in [0, 0.1) is 0 Å². The fraction of sp³-hybridized carbons (Fsp3) is 0.462. The lowest BCUT2D eigenvalue weighted by Gasteiger charge is -2.28. The molecule has 0 spiro atoms. The topological polar surface area (TPSA) is 81.8 Å². The van der Waals surface area contributed by atoms with Crippen molar-refractivity contribution in [2.24, 2.45) is 5.73 Å². The van der Waals surface area contributed by atoms with Crippen LogP contribution in [0.2, 0.25) is 0 Å². The first-order valence-electron chi connectivity index (χ1n) is 5.87. The summed E-state index contributed by atoms with van der Waals surface area (Å²) in [4.78, 5) is 10.9. The van der Waals surface area contributed by atoms with E-state index in [1.807, 2.05) is 19.1 Å². The maximum Gasteiger partial charge on any atom is 0.304 e. The molecule has 1 aliphatic heterocycles. The number of nitrogens with two attached hydrogens (primary N) is 1. The van der Waals surface area contributed by atoms with Crippen LogP contribution >= 0.6 is 0 Å². The first kappa shape index (κ1) is 12.7. The molecule has 1 aromatic carbocycles. The third kappa shape index (κ3) is 2.41. The second-order valence-electron chi connectivity index (χ2n) is 4.69. The first-order chi connectivity index (χ1) is 8.55. The van der Waals surface area contributed by atoms with E-state index >= 15 is 0 Å². The number of hydrogen-bond donors (Lipinski definition) is 2. The molecule has 0 fully saturated rings. The lowest BCUT2D eigenvalue weighted by Crippen LogP contribution is -2.34. The van der Waals surface area contributed by atoms with Crippen LogP contribution in [-0.2, 0) is 10.2 Å². The van der Waals surface area contributed by atoms with Gasteiger partial charge in [-0.2, -0.15) is 0 Å². The number of aliphatic carboxylic acids is 1. The number of carboxylic acids is 1. The normalized spacial score (nSPS) is 17.0. The predicted molar refractivity (Wildman–Crippen MR) is 66.1 cm³/mol. The summed E-state index contributed by atoms with van der Waals surface area (Å²) in [5.41, 5.74) is 5.99. The third-order valence-electron chi connectivity index (χ3n) is 3.23. The van der Waals surface area contributed by atoms with E-state index in [0.717, 1.165) is 5.56 Å². The van der Waals surface area contributed by atoms with Gasteiger partial charge in [-0.25, -0.2) is 0 Å². The van der Waals surface area contributed by atoms with Gasteiger partial charge in [0, 0.05) is 12.0 Å². The van der Waals surface area contributed by atoms with Crippen molar-refractivity contribution < 1.29 is 19.4 Å². The van der Waals surface area contributed by atoms with Crippen LogP contribution in [0.25, 0.3) is 0 Å². The highest BCUT2D eigenvalue weighted by molar-refractivity contribution is 5.69. The molecule has 18 heavy (non-hydrogen) atoms. The molecule has 1 atom stereocenters. The maximum absolute atomic E-state index is 10.9. The SMILES string of the molecule is CC(CN)(CC(=O)O)c1ccc2c(c1)OCCO2. The quantitative estimate of drug-likeness (QED) is 0.838. The lowest BCUT2D eigenvalue weighted by molar-refractivity contribution is -0.138. The zero-order chi connectivity index (χ0) is 13.2. The Morgan fingerprint density at radius 3 is 2.67 bits per heavy atom. The number of benzene rings is 1. The van der Waals surface area contributed by atoms with Crippen LogP contribution in [0.15, 0.2) is 18.2 Å². The smallest absolute Gasteiger partial charge is 0.304 e. The Balaban J connectivity index is 2.34. The van der Waals surface area contributed by atoms with Gasteiger partial charge in [-0.15, -0.1) is 0 Å². The summed E-state index contributed by atoms with van der Waals surface area (Å²) in [6, 6.07) is 5.48. The molecule has 3 N–H and O–H groups in total. The summed E-state index contributed by atoms with van der Waals surface area (Å²) in [7, 11) is 0. The number of ether oxygens (including phenoxy) is 2. The Morgan fingerprint density at radius 1 is 1.39 bits per heavy atom. The molecule has 5 heteroatoms. The number of carbonyl (C=O) groups is 1. The van der Waals surface area contributed by atoms with Gasteiger partial charge in [-0.05, 0) is 17.7 Å². The molecule has 2 rings (SSSR count). The minimum Gasteiger partial charge on any atom is -0.486 e. The number of hydrogen-bond acceptors (Lipinski definition) is 4. The fourth-order valence-corrected chi connectivity index (χ4v) is 2.04. The highest BCUT2D eigenvalue weighted by Gasteiger charge is 2.29. The minimum absolute atomic E-state index is 0.0108. The van der Waals surface area contributed by atoms with E-state index in [-0.39, 0.29) is 13.0 Å². The third-order valence-corrected chi connectivity index (χ3v) is 3.23. The van der Waals surface area contributed by atoms with Crippen molar-refractivity contribution in [1.29, 1.82) is 0 Å². The maximum atomic E-state index is 10.9. The van der Waals surface area contributed by atoms with Gasteiger partial charge >= 0.3 is 5.97 Å². The van der Waals surface area contributed by atoms with E-state index in [1.54, 1.807) is 6.07 Å². The standard InChI is InChI=1S/C13H17NO4/c1-13(8-14,7-12(15)16)9-2-3-10-11(6-9)18-5-4-17-10/h2-3,6H,4-5,7-8,14H2,1H3,(H,15,16). The Kier molecular flexibility index (Phi) is 3.43. The first-order valence-corrected chi connectivity index (χ1v) is 5.87. The molecular formula is C13H17NO4. The van der Waals surface area contributed by atoms with Crippen molar-refractivity contribution in [2.75, 3.05) is 19.8 Å². The summed E-state index contributed by atoms with van der Waals surface area (Å²) in [6.45, 7) is 3.15. The van der Waals surface area contributed by atoms with Crippen LogP contribution in [-0.4, -0.2) is 30.8 Å². The van der Waals surface area contributed by atoms with Gasteiger partial charge in [0.05, 0.1) is 6.42 Å². The van der Waals surface area contributed by atoms with Crippen molar-refractivity contribution in [3.8, 4) is 11.5 Å². The second-order valence-corrected chi connectivity index (χ2v) is 4.69. The Labute approximate surface area is 106 Å². The van der Waals surface area contributed by atoms with Gasteiger partial charge in [0.2, 0.25) is 0 Å². The predicted octanol–water partition coefficient (Wildman–Crippen LogP) is 1.15. The highest BCUT2D eigenvalue weighted by atomic mass is 16.6. The second kappa shape index (κ2) is 4.86.